The quantitative estimate of drug-likeness (QED) is 0.302. The van der Waals surface area contributed by atoms with Gasteiger partial charge in [-0.2, -0.15) is 11.8 Å². The number of carbonyl (C=O) groups is 4. The maximum Gasteiger partial charge on any atom is 0.326 e. The van der Waals surface area contributed by atoms with E-state index in [2.05, 4.69) is 10.6 Å². The van der Waals surface area contributed by atoms with Crippen molar-refractivity contribution in [2.24, 2.45) is 5.73 Å². The van der Waals surface area contributed by atoms with Crippen molar-refractivity contribution < 1.29 is 24.3 Å². The van der Waals surface area contributed by atoms with Crippen LogP contribution in [0.5, 0.6) is 0 Å². The summed E-state index contributed by atoms with van der Waals surface area (Å²) in [7, 11) is 0. The Morgan fingerprint density at radius 1 is 0.947 bits per heavy atom. The van der Waals surface area contributed by atoms with Gasteiger partial charge >= 0.3 is 5.97 Å². The molecule has 38 heavy (non-hydrogen) atoms. The highest BCUT2D eigenvalue weighted by Crippen LogP contribution is 2.20. The van der Waals surface area contributed by atoms with Crippen LogP contribution < -0.4 is 16.4 Å². The SMILES string of the molecule is CSCCC(NC(=O)C(N)Cc1ccccc1)C(=O)NC(Cc1ccccc1)C(=O)N1CCCC1C(=O)O. The summed E-state index contributed by atoms with van der Waals surface area (Å²) < 4.78 is 0. The predicted molar refractivity (Wildman–Crippen MR) is 147 cm³/mol. The van der Waals surface area contributed by atoms with Crippen molar-refractivity contribution in [3.8, 4) is 0 Å². The van der Waals surface area contributed by atoms with Crippen molar-refractivity contribution in [2.75, 3.05) is 18.6 Å². The summed E-state index contributed by atoms with van der Waals surface area (Å²) in [6, 6.07) is 15.0. The van der Waals surface area contributed by atoms with Crippen LogP contribution in [0.2, 0.25) is 0 Å². The number of rotatable bonds is 13. The third-order valence-corrected chi connectivity index (χ3v) is 7.24. The molecule has 0 spiro atoms. The van der Waals surface area contributed by atoms with Crippen LogP contribution in [0, 0.1) is 0 Å². The number of benzene rings is 2. The zero-order valence-electron chi connectivity index (χ0n) is 21.5. The number of carboxylic acids is 1. The van der Waals surface area contributed by atoms with Crippen molar-refractivity contribution in [1.82, 2.24) is 15.5 Å². The molecule has 2 aromatic carbocycles. The molecule has 1 aliphatic rings. The Labute approximate surface area is 227 Å². The summed E-state index contributed by atoms with van der Waals surface area (Å²) in [6.07, 6.45) is 3.73. The molecule has 4 atom stereocenters. The topological polar surface area (TPSA) is 142 Å². The summed E-state index contributed by atoms with van der Waals surface area (Å²) in [6.45, 7) is 0.317. The van der Waals surface area contributed by atoms with Gasteiger partial charge in [-0.05, 0) is 48.8 Å². The zero-order chi connectivity index (χ0) is 27.5. The molecule has 9 nitrogen and oxygen atoms in total. The highest BCUT2D eigenvalue weighted by molar-refractivity contribution is 7.98. The van der Waals surface area contributed by atoms with Gasteiger partial charge in [0.15, 0.2) is 0 Å². The molecule has 3 rings (SSSR count). The zero-order valence-corrected chi connectivity index (χ0v) is 22.4. The largest absolute Gasteiger partial charge is 0.480 e. The lowest BCUT2D eigenvalue weighted by Gasteiger charge is -2.29. The molecule has 1 fully saturated rings. The molecule has 0 radical (unpaired) electrons. The van der Waals surface area contributed by atoms with Gasteiger partial charge in [0, 0.05) is 13.0 Å². The van der Waals surface area contributed by atoms with Crippen molar-refractivity contribution in [3.05, 3.63) is 71.8 Å². The Bertz CT molecular complexity index is 1090. The Hall–Kier alpha value is -3.37. The van der Waals surface area contributed by atoms with Crippen LogP contribution in [0.4, 0.5) is 0 Å². The molecule has 2 aromatic rings. The van der Waals surface area contributed by atoms with Crippen molar-refractivity contribution >= 4 is 35.5 Å². The minimum Gasteiger partial charge on any atom is -0.480 e. The molecular weight excluding hydrogens is 504 g/mol. The molecule has 10 heteroatoms. The van der Waals surface area contributed by atoms with E-state index < -0.39 is 47.9 Å². The molecule has 3 amide bonds. The van der Waals surface area contributed by atoms with E-state index in [0.717, 1.165) is 11.1 Å². The van der Waals surface area contributed by atoms with Crippen LogP contribution in [0.15, 0.2) is 60.7 Å². The van der Waals surface area contributed by atoms with Crippen LogP contribution in [-0.2, 0) is 32.0 Å². The number of nitrogens with two attached hydrogens (primary N) is 1. The summed E-state index contributed by atoms with van der Waals surface area (Å²) in [5.74, 6) is -1.84. The number of nitrogens with one attached hydrogen (secondary N) is 2. The third-order valence-electron chi connectivity index (χ3n) is 6.60. The number of nitrogens with zero attached hydrogens (tertiary/aromatic N) is 1. The fourth-order valence-corrected chi connectivity index (χ4v) is 5.02. The first kappa shape index (κ1) is 29.2. The van der Waals surface area contributed by atoms with Crippen LogP contribution in [0.25, 0.3) is 0 Å². The average Bonchev–Trinajstić information content (AvgIpc) is 3.41. The van der Waals surface area contributed by atoms with Gasteiger partial charge in [-0.3, -0.25) is 14.4 Å². The molecule has 1 aliphatic heterocycles. The number of carbonyl (C=O) groups excluding carboxylic acids is 3. The first-order valence-electron chi connectivity index (χ1n) is 12.8. The molecule has 4 unspecified atom stereocenters. The normalized spacial score (nSPS) is 17.3. The molecule has 0 aromatic heterocycles. The van der Waals surface area contributed by atoms with E-state index in [9.17, 15) is 24.3 Å². The number of likely N-dealkylation sites (tertiary alicyclic amines) is 1. The number of carboxylic acid groups (broad SMARTS) is 1. The first-order valence-corrected chi connectivity index (χ1v) is 14.2. The van der Waals surface area contributed by atoms with Gasteiger partial charge in [0.1, 0.15) is 18.1 Å². The highest BCUT2D eigenvalue weighted by Gasteiger charge is 2.38. The van der Waals surface area contributed by atoms with E-state index in [1.54, 1.807) is 0 Å². The molecule has 1 saturated heterocycles. The second kappa shape index (κ2) is 14.5. The fraction of sp³-hybridized carbons (Fsp3) is 0.429. The van der Waals surface area contributed by atoms with Gasteiger partial charge in [0.05, 0.1) is 6.04 Å². The van der Waals surface area contributed by atoms with Gasteiger partial charge in [0.2, 0.25) is 17.7 Å². The second-order valence-electron chi connectivity index (χ2n) is 9.42. The van der Waals surface area contributed by atoms with E-state index in [1.807, 2.05) is 66.9 Å². The van der Waals surface area contributed by atoms with E-state index in [1.165, 1.54) is 16.7 Å². The van der Waals surface area contributed by atoms with Gasteiger partial charge in [-0.15, -0.1) is 0 Å². The lowest BCUT2D eigenvalue weighted by molar-refractivity contribution is -0.149. The third kappa shape index (κ3) is 8.32. The Morgan fingerprint density at radius 3 is 2.11 bits per heavy atom. The molecular formula is C28H36N4O5S. The van der Waals surface area contributed by atoms with Crippen LogP contribution in [0.1, 0.15) is 30.4 Å². The molecule has 1 heterocycles. The molecule has 5 N–H and O–H groups in total. The predicted octanol–water partition coefficient (Wildman–Crippen LogP) is 1.60. The van der Waals surface area contributed by atoms with Crippen LogP contribution in [-0.4, -0.2) is 76.4 Å². The monoisotopic (exact) mass is 540 g/mol. The minimum atomic E-state index is -1.06. The number of hydrogen-bond acceptors (Lipinski definition) is 6. The Kier molecular flexibility index (Phi) is 11.2. The summed E-state index contributed by atoms with van der Waals surface area (Å²) in [5.41, 5.74) is 7.87. The number of aliphatic carboxylic acids is 1. The van der Waals surface area contributed by atoms with Crippen molar-refractivity contribution in [3.63, 3.8) is 0 Å². The van der Waals surface area contributed by atoms with E-state index >= 15 is 0 Å². The smallest absolute Gasteiger partial charge is 0.326 e. The Morgan fingerprint density at radius 2 is 1.53 bits per heavy atom. The molecule has 204 valence electrons. The van der Waals surface area contributed by atoms with Gasteiger partial charge in [-0.25, -0.2) is 4.79 Å². The van der Waals surface area contributed by atoms with Crippen LogP contribution in [0.3, 0.4) is 0 Å². The minimum absolute atomic E-state index is 0.199. The van der Waals surface area contributed by atoms with Gasteiger partial charge < -0.3 is 26.4 Å². The maximum absolute atomic E-state index is 13.5. The van der Waals surface area contributed by atoms with Gasteiger partial charge in [0.25, 0.3) is 0 Å². The van der Waals surface area contributed by atoms with E-state index in [-0.39, 0.29) is 6.42 Å². The first-order chi connectivity index (χ1) is 18.3. The summed E-state index contributed by atoms with van der Waals surface area (Å²) >= 11 is 1.53. The number of hydrogen-bond donors (Lipinski definition) is 4. The molecule has 0 saturated carbocycles. The molecule has 0 bridgehead atoms. The van der Waals surface area contributed by atoms with Gasteiger partial charge in [-0.1, -0.05) is 60.7 Å². The molecule has 0 aliphatic carbocycles. The maximum atomic E-state index is 13.5. The lowest BCUT2D eigenvalue weighted by Crippen LogP contribution is -2.58. The standard InChI is InChI=1S/C28H36N4O5S/c1-38-16-14-22(30-25(33)21(29)17-19-9-4-2-5-10-19)26(34)31-23(18-20-11-6-3-7-12-20)27(35)32-15-8-13-24(32)28(36)37/h2-7,9-12,21-24H,8,13-18,29H2,1H3,(H,30,33)(H,31,34)(H,36,37). The van der Waals surface area contributed by atoms with Crippen molar-refractivity contribution in [2.45, 2.75) is 56.3 Å². The Balaban J connectivity index is 1.75. The van der Waals surface area contributed by atoms with Crippen molar-refractivity contribution in [1.29, 1.82) is 0 Å². The summed E-state index contributed by atoms with van der Waals surface area (Å²) in [4.78, 5) is 52.9. The highest BCUT2D eigenvalue weighted by atomic mass is 32.2. The number of thioether (sulfide) groups is 1. The average molecular weight is 541 g/mol. The second-order valence-corrected chi connectivity index (χ2v) is 10.4. The van der Waals surface area contributed by atoms with E-state index in [0.29, 0.717) is 38.0 Å². The van der Waals surface area contributed by atoms with Crippen LogP contribution >= 0.6 is 11.8 Å². The fourth-order valence-electron chi connectivity index (χ4n) is 4.55. The van der Waals surface area contributed by atoms with E-state index in [4.69, 9.17) is 5.73 Å². The summed E-state index contributed by atoms with van der Waals surface area (Å²) in [5, 5.41) is 15.2. The lowest BCUT2D eigenvalue weighted by atomic mass is 10.0. The number of amides is 3.